The summed E-state index contributed by atoms with van der Waals surface area (Å²) in [4.78, 5) is 23.3. The van der Waals surface area contributed by atoms with Crippen LogP contribution in [0.5, 0.6) is 6.01 Å². The standard InChI is InChI=1S/C12H10N6O2/c1-20-12-15-4-7(5-16-12)9-8-2-6(10(13)19)3-14-11(8)18-17-9/h2-5H,1H3,(H2,13,19)(H,14,17,18). The van der Waals surface area contributed by atoms with Crippen LogP contribution in [0, 0.1) is 0 Å². The highest BCUT2D eigenvalue weighted by atomic mass is 16.5. The van der Waals surface area contributed by atoms with E-state index in [2.05, 4.69) is 25.1 Å². The van der Waals surface area contributed by atoms with Crippen LogP contribution in [0.3, 0.4) is 0 Å². The number of aromatic nitrogens is 5. The second-order valence-corrected chi connectivity index (χ2v) is 4.02. The molecule has 1 amide bonds. The fourth-order valence-corrected chi connectivity index (χ4v) is 1.81. The number of carbonyl (C=O) groups excluding carboxylic acids is 1. The molecule has 0 unspecified atom stereocenters. The van der Waals surface area contributed by atoms with Gasteiger partial charge in [-0.15, -0.1) is 0 Å². The second-order valence-electron chi connectivity index (χ2n) is 4.02. The smallest absolute Gasteiger partial charge is 0.316 e. The molecule has 3 heterocycles. The van der Waals surface area contributed by atoms with Crippen LogP contribution in [-0.2, 0) is 0 Å². The average Bonchev–Trinajstić information content (AvgIpc) is 2.90. The van der Waals surface area contributed by atoms with Crippen molar-refractivity contribution in [1.82, 2.24) is 25.1 Å². The Labute approximate surface area is 113 Å². The monoisotopic (exact) mass is 270 g/mol. The lowest BCUT2D eigenvalue weighted by Crippen LogP contribution is -2.10. The lowest BCUT2D eigenvalue weighted by Gasteiger charge is -2.00. The molecular weight excluding hydrogens is 260 g/mol. The van der Waals surface area contributed by atoms with Crippen LogP contribution in [0.2, 0.25) is 0 Å². The number of carbonyl (C=O) groups is 1. The Morgan fingerprint density at radius 1 is 1.25 bits per heavy atom. The summed E-state index contributed by atoms with van der Waals surface area (Å²) in [6, 6.07) is 1.90. The number of aromatic amines is 1. The van der Waals surface area contributed by atoms with Crippen LogP contribution in [0.15, 0.2) is 24.7 Å². The van der Waals surface area contributed by atoms with E-state index >= 15 is 0 Å². The molecule has 0 aliphatic carbocycles. The van der Waals surface area contributed by atoms with Crippen molar-refractivity contribution in [2.75, 3.05) is 7.11 Å². The second kappa shape index (κ2) is 4.57. The minimum Gasteiger partial charge on any atom is -0.467 e. The summed E-state index contributed by atoms with van der Waals surface area (Å²) in [6.45, 7) is 0. The highest BCUT2D eigenvalue weighted by Crippen LogP contribution is 2.25. The first kappa shape index (κ1) is 12.0. The quantitative estimate of drug-likeness (QED) is 0.716. The molecule has 0 radical (unpaired) electrons. The maximum atomic E-state index is 11.2. The van der Waals surface area contributed by atoms with Gasteiger partial charge in [0.25, 0.3) is 0 Å². The van der Waals surface area contributed by atoms with E-state index in [1.807, 2.05) is 0 Å². The number of nitrogens with one attached hydrogen (secondary N) is 1. The number of ether oxygens (including phenoxy) is 1. The van der Waals surface area contributed by atoms with Crippen LogP contribution in [0.1, 0.15) is 10.4 Å². The Morgan fingerprint density at radius 3 is 2.65 bits per heavy atom. The number of nitrogens with zero attached hydrogens (tertiary/aromatic N) is 4. The minimum atomic E-state index is -0.544. The van der Waals surface area contributed by atoms with Crippen molar-refractivity contribution < 1.29 is 9.53 Å². The number of H-pyrrole nitrogens is 1. The van der Waals surface area contributed by atoms with Gasteiger partial charge >= 0.3 is 6.01 Å². The van der Waals surface area contributed by atoms with E-state index in [4.69, 9.17) is 10.5 Å². The van der Waals surface area contributed by atoms with Gasteiger partial charge in [0, 0.05) is 29.5 Å². The number of primary amides is 1. The van der Waals surface area contributed by atoms with E-state index in [9.17, 15) is 4.79 Å². The van der Waals surface area contributed by atoms with Crippen LogP contribution in [-0.4, -0.2) is 38.2 Å². The molecule has 0 bridgehead atoms. The van der Waals surface area contributed by atoms with Gasteiger partial charge in [0.2, 0.25) is 5.91 Å². The summed E-state index contributed by atoms with van der Waals surface area (Å²) in [5.41, 5.74) is 7.42. The Bertz CT molecular complexity index is 780. The Morgan fingerprint density at radius 2 is 2.00 bits per heavy atom. The van der Waals surface area contributed by atoms with E-state index in [1.54, 1.807) is 18.5 Å². The van der Waals surface area contributed by atoms with Gasteiger partial charge < -0.3 is 10.5 Å². The number of hydrogen-bond donors (Lipinski definition) is 2. The van der Waals surface area contributed by atoms with E-state index in [0.29, 0.717) is 27.9 Å². The first-order chi connectivity index (χ1) is 9.69. The summed E-state index contributed by atoms with van der Waals surface area (Å²) in [5, 5.41) is 7.59. The Hall–Kier alpha value is -3.03. The summed E-state index contributed by atoms with van der Waals surface area (Å²) in [6.07, 6.45) is 4.57. The predicted octanol–water partition coefficient (Wildman–Crippen LogP) is 0.522. The predicted molar refractivity (Wildman–Crippen MR) is 70.0 cm³/mol. The third-order valence-corrected chi connectivity index (χ3v) is 2.79. The average molecular weight is 270 g/mol. The van der Waals surface area contributed by atoms with Gasteiger partial charge in [0.15, 0.2) is 5.65 Å². The highest BCUT2D eigenvalue weighted by Gasteiger charge is 2.12. The zero-order valence-electron chi connectivity index (χ0n) is 10.5. The first-order valence-electron chi connectivity index (χ1n) is 5.69. The largest absolute Gasteiger partial charge is 0.467 e. The van der Waals surface area contributed by atoms with E-state index in [1.165, 1.54) is 13.3 Å². The van der Waals surface area contributed by atoms with E-state index in [-0.39, 0.29) is 6.01 Å². The fraction of sp³-hybridized carbons (Fsp3) is 0.0833. The summed E-state index contributed by atoms with van der Waals surface area (Å²) >= 11 is 0. The molecule has 0 aromatic carbocycles. The number of nitrogens with two attached hydrogens (primary N) is 1. The number of pyridine rings is 1. The maximum Gasteiger partial charge on any atom is 0.316 e. The third kappa shape index (κ3) is 1.92. The molecule has 3 aromatic rings. The number of methoxy groups -OCH3 is 1. The minimum absolute atomic E-state index is 0.272. The molecule has 0 fully saturated rings. The normalized spacial score (nSPS) is 10.7. The van der Waals surface area contributed by atoms with Crippen molar-refractivity contribution in [2.24, 2.45) is 5.73 Å². The molecule has 8 heteroatoms. The lowest BCUT2D eigenvalue weighted by molar-refractivity contribution is 0.1000. The Kier molecular flexibility index (Phi) is 2.75. The van der Waals surface area contributed by atoms with Gasteiger partial charge in [0.1, 0.15) is 0 Å². The zero-order valence-corrected chi connectivity index (χ0v) is 10.5. The summed E-state index contributed by atoms with van der Waals surface area (Å²) in [5.74, 6) is -0.544. The molecule has 100 valence electrons. The van der Waals surface area contributed by atoms with Crippen LogP contribution in [0.25, 0.3) is 22.3 Å². The van der Waals surface area contributed by atoms with Gasteiger partial charge in [-0.25, -0.2) is 15.0 Å². The summed E-state index contributed by atoms with van der Waals surface area (Å²) in [7, 11) is 1.49. The van der Waals surface area contributed by atoms with Crippen LogP contribution < -0.4 is 10.5 Å². The molecule has 0 saturated carbocycles. The number of hydrogen-bond acceptors (Lipinski definition) is 6. The molecule has 3 rings (SSSR count). The van der Waals surface area contributed by atoms with Crippen LogP contribution >= 0.6 is 0 Å². The van der Waals surface area contributed by atoms with Gasteiger partial charge in [-0.05, 0) is 6.07 Å². The molecular formula is C12H10N6O2. The molecule has 8 nitrogen and oxygen atoms in total. The van der Waals surface area contributed by atoms with Gasteiger partial charge in [-0.2, -0.15) is 5.10 Å². The molecule has 3 aromatic heterocycles. The van der Waals surface area contributed by atoms with Crippen molar-refractivity contribution in [3.8, 4) is 17.3 Å². The van der Waals surface area contributed by atoms with Crippen molar-refractivity contribution in [2.45, 2.75) is 0 Å². The number of fused-ring (bicyclic) bond motifs is 1. The van der Waals surface area contributed by atoms with Crippen molar-refractivity contribution in [3.05, 3.63) is 30.2 Å². The zero-order chi connectivity index (χ0) is 14.1. The van der Waals surface area contributed by atoms with E-state index < -0.39 is 5.91 Å². The Balaban J connectivity index is 2.14. The highest BCUT2D eigenvalue weighted by molar-refractivity contribution is 5.99. The van der Waals surface area contributed by atoms with Gasteiger partial charge in [-0.1, -0.05) is 0 Å². The van der Waals surface area contributed by atoms with Crippen LogP contribution in [0.4, 0.5) is 0 Å². The summed E-state index contributed by atoms with van der Waals surface area (Å²) < 4.78 is 4.90. The van der Waals surface area contributed by atoms with Gasteiger partial charge in [0.05, 0.1) is 18.4 Å². The first-order valence-corrected chi connectivity index (χ1v) is 5.69. The molecule has 0 aliphatic heterocycles. The maximum absolute atomic E-state index is 11.2. The number of amides is 1. The molecule has 3 N–H and O–H groups in total. The topological polar surface area (TPSA) is 120 Å². The van der Waals surface area contributed by atoms with Crippen molar-refractivity contribution in [1.29, 1.82) is 0 Å². The molecule has 0 atom stereocenters. The fourth-order valence-electron chi connectivity index (χ4n) is 1.81. The van der Waals surface area contributed by atoms with Crippen molar-refractivity contribution >= 4 is 16.9 Å². The molecule has 0 saturated heterocycles. The third-order valence-electron chi connectivity index (χ3n) is 2.79. The lowest BCUT2D eigenvalue weighted by atomic mass is 10.1. The van der Waals surface area contributed by atoms with Gasteiger partial charge in [-0.3, -0.25) is 9.89 Å². The molecule has 0 spiro atoms. The van der Waals surface area contributed by atoms with E-state index in [0.717, 1.165) is 0 Å². The number of rotatable bonds is 3. The molecule has 0 aliphatic rings. The molecule has 20 heavy (non-hydrogen) atoms. The SMILES string of the molecule is COc1ncc(-c2[nH]nc3ncc(C(N)=O)cc23)cn1. The van der Waals surface area contributed by atoms with Crippen molar-refractivity contribution in [3.63, 3.8) is 0 Å².